The van der Waals surface area contributed by atoms with Crippen LogP contribution in [0.1, 0.15) is 18.4 Å². The molecule has 120 valence electrons. The first-order valence-electron chi connectivity index (χ1n) is 7.98. The van der Waals surface area contributed by atoms with Crippen LogP contribution in [-0.4, -0.2) is 26.4 Å². The number of allylic oxidation sites excluding steroid dienone is 3. The highest BCUT2D eigenvalue weighted by Crippen LogP contribution is 2.31. The molecule has 0 bridgehead atoms. The lowest BCUT2D eigenvalue weighted by Crippen LogP contribution is -2.26. The van der Waals surface area contributed by atoms with Crippen molar-refractivity contribution in [1.29, 1.82) is 0 Å². The number of hydrogen-bond donors (Lipinski definition) is 0. The molecule has 1 fully saturated rings. The second-order valence-corrected chi connectivity index (χ2v) is 6.10. The summed E-state index contributed by atoms with van der Waals surface area (Å²) in [7, 11) is 1.89. The number of aromatic nitrogens is 2. The van der Waals surface area contributed by atoms with Crippen LogP contribution < -0.4 is 0 Å². The van der Waals surface area contributed by atoms with E-state index in [9.17, 15) is 9.59 Å². The zero-order chi connectivity index (χ0) is 16.7. The summed E-state index contributed by atoms with van der Waals surface area (Å²) in [5, 5.41) is 4.17. The summed E-state index contributed by atoms with van der Waals surface area (Å²) < 4.78 is 1.77. The van der Waals surface area contributed by atoms with Crippen LogP contribution in [0.5, 0.6) is 0 Å². The zero-order valence-corrected chi connectivity index (χ0v) is 13.4. The number of carbonyl (C=O) groups excluding carboxylic acids is 2. The Balaban J connectivity index is 1.57. The van der Waals surface area contributed by atoms with Gasteiger partial charge in [0.05, 0.1) is 18.4 Å². The first-order chi connectivity index (χ1) is 11.6. The largest absolute Gasteiger partial charge is 0.301 e. The number of likely N-dealkylation sites (tertiary alicyclic amines) is 1. The van der Waals surface area contributed by atoms with Gasteiger partial charge in [-0.3, -0.25) is 14.3 Å². The number of Topliss-reactive ketones (excluding diaryl/α,β-unsaturated/α-hetero) is 1. The summed E-state index contributed by atoms with van der Waals surface area (Å²) in [6.45, 7) is 0.418. The fraction of sp³-hybridized carbons (Fsp3) is 0.211. The fourth-order valence-electron chi connectivity index (χ4n) is 3.19. The number of amides is 1. The number of carbonyl (C=O) groups is 2. The molecule has 1 saturated heterocycles. The van der Waals surface area contributed by atoms with Gasteiger partial charge in [-0.1, -0.05) is 36.4 Å². The van der Waals surface area contributed by atoms with Gasteiger partial charge in [-0.25, -0.2) is 0 Å². The summed E-state index contributed by atoms with van der Waals surface area (Å²) in [6, 6.07) is 8.01. The lowest BCUT2D eigenvalue weighted by atomic mass is 10.0. The Kier molecular flexibility index (Phi) is 3.41. The van der Waals surface area contributed by atoms with E-state index in [-0.39, 0.29) is 5.78 Å². The molecule has 1 aliphatic carbocycles. The molecule has 1 aliphatic heterocycles. The van der Waals surface area contributed by atoms with E-state index in [0.29, 0.717) is 12.1 Å². The van der Waals surface area contributed by atoms with Gasteiger partial charge in [-0.05, 0) is 24.0 Å². The molecule has 0 spiro atoms. The monoisotopic (exact) mass is 319 g/mol. The number of ketones is 1. The fourth-order valence-corrected chi connectivity index (χ4v) is 3.19. The van der Waals surface area contributed by atoms with Gasteiger partial charge in [0.1, 0.15) is 0 Å². The molecule has 0 saturated carbocycles. The van der Waals surface area contributed by atoms with Crippen molar-refractivity contribution in [2.75, 3.05) is 0 Å². The molecule has 1 amide bonds. The quantitative estimate of drug-likeness (QED) is 0.817. The van der Waals surface area contributed by atoms with Crippen molar-refractivity contribution in [1.82, 2.24) is 14.7 Å². The molecule has 5 nitrogen and oxygen atoms in total. The third-order valence-corrected chi connectivity index (χ3v) is 4.44. The van der Waals surface area contributed by atoms with Crippen molar-refractivity contribution in [3.8, 4) is 11.1 Å². The summed E-state index contributed by atoms with van der Waals surface area (Å²) in [5.41, 5.74) is 4.46. The van der Waals surface area contributed by atoms with Crippen LogP contribution >= 0.6 is 0 Å². The minimum atomic E-state index is -0.425. The number of hydrogen-bond acceptors (Lipinski definition) is 3. The maximum atomic E-state index is 12.3. The lowest BCUT2D eigenvalue weighted by molar-refractivity contribution is -0.139. The summed E-state index contributed by atoms with van der Waals surface area (Å²) >= 11 is 0. The molecule has 0 unspecified atom stereocenters. The minimum absolute atomic E-state index is 0.382. The number of aryl methyl sites for hydroxylation is 1. The standard InChI is InChI=1S/C19H17N3O2/c1-21-12-15(10-20-21)14-8-6-13(7-9-14)11-22-17-5-3-2-4-16(17)18(23)19(22)24/h4-10,12H,2-3,11H2,1H3. The average Bonchev–Trinajstić information content (AvgIpc) is 3.14. The summed E-state index contributed by atoms with van der Waals surface area (Å²) in [5.74, 6) is -0.807. The predicted octanol–water partition coefficient (Wildman–Crippen LogP) is 2.60. The Morgan fingerprint density at radius 3 is 2.50 bits per heavy atom. The minimum Gasteiger partial charge on any atom is -0.301 e. The van der Waals surface area contributed by atoms with Gasteiger partial charge >= 0.3 is 0 Å². The summed E-state index contributed by atoms with van der Waals surface area (Å²) in [6.07, 6.45) is 9.34. The Morgan fingerprint density at radius 1 is 1.04 bits per heavy atom. The van der Waals surface area contributed by atoms with Crippen LogP contribution in [0.4, 0.5) is 0 Å². The van der Waals surface area contributed by atoms with Crippen molar-refractivity contribution in [2.24, 2.45) is 7.05 Å². The van der Waals surface area contributed by atoms with E-state index in [2.05, 4.69) is 5.10 Å². The van der Waals surface area contributed by atoms with E-state index < -0.39 is 5.91 Å². The van der Waals surface area contributed by atoms with Crippen LogP contribution in [0.3, 0.4) is 0 Å². The molecule has 4 rings (SSSR count). The maximum Gasteiger partial charge on any atom is 0.299 e. The first kappa shape index (κ1) is 14.6. The first-order valence-corrected chi connectivity index (χ1v) is 7.98. The topological polar surface area (TPSA) is 55.2 Å². The molecule has 2 aromatic rings. The van der Waals surface area contributed by atoms with Crippen LogP contribution in [0.15, 0.2) is 60.1 Å². The van der Waals surface area contributed by atoms with Gasteiger partial charge in [-0.2, -0.15) is 5.10 Å². The van der Waals surface area contributed by atoms with Gasteiger partial charge in [0.15, 0.2) is 0 Å². The van der Waals surface area contributed by atoms with Crippen LogP contribution in [0, 0.1) is 0 Å². The number of rotatable bonds is 3. The Labute approximate surface area is 139 Å². The van der Waals surface area contributed by atoms with Crippen LogP contribution in [0.25, 0.3) is 11.1 Å². The van der Waals surface area contributed by atoms with Gasteiger partial charge in [0, 0.05) is 24.4 Å². The smallest absolute Gasteiger partial charge is 0.299 e. The molecule has 5 heteroatoms. The van der Waals surface area contributed by atoms with Crippen molar-refractivity contribution in [2.45, 2.75) is 19.4 Å². The van der Waals surface area contributed by atoms with Gasteiger partial charge in [-0.15, -0.1) is 0 Å². The third-order valence-electron chi connectivity index (χ3n) is 4.44. The lowest BCUT2D eigenvalue weighted by Gasteiger charge is -2.19. The van der Waals surface area contributed by atoms with Crippen molar-refractivity contribution >= 4 is 11.7 Å². The molecular formula is C19H17N3O2. The van der Waals surface area contributed by atoms with E-state index >= 15 is 0 Å². The number of benzene rings is 1. The van der Waals surface area contributed by atoms with Crippen LogP contribution in [0.2, 0.25) is 0 Å². The number of nitrogens with zero attached hydrogens (tertiary/aromatic N) is 3. The highest BCUT2D eigenvalue weighted by atomic mass is 16.2. The molecule has 0 atom stereocenters. The van der Waals surface area contributed by atoms with E-state index in [4.69, 9.17) is 0 Å². The van der Waals surface area contributed by atoms with E-state index in [1.165, 1.54) is 0 Å². The molecule has 1 aromatic carbocycles. The SMILES string of the molecule is Cn1cc(-c2ccc(CN3C(=O)C(=O)C4=CCCC=C43)cc2)cn1. The molecule has 0 N–H and O–H groups in total. The number of fused-ring (bicyclic) bond motifs is 1. The molecule has 2 heterocycles. The van der Waals surface area contributed by atoms with E-state index in [0.717, 1.165) is 35.2 Å². The van der Waals surface area contributed by atoms with Gasteiger partial charge in [0.25, 0.3) is 11.7 Å². The zero-order valence-electron chi connectivity index (χ0n) is 13.4. The Bertz CT molecular complexity index is 888. The van der Waals surface area contributed by atoms with E-state index in [1.807, 2.05) is 55.9 Å². The predicted molar refractivity (Wildman–Crippen MR) is 89.6 cm³/mol. The van der Waals surface area contributed by atoms with Crippen LogP contribution in [-0.2, 0) is 23.2 Å². The maximum absolute atomic E-state index is 12.3. The Morgan fingerprint density at radius 2 is 1.79 bits per heavy atom. The van der Waals surface area contributed by atoms with Gasteiger partial charge < -0.3 is 4.90 Å². The second-order valence-electron chi connectivity index (χ2n) is 6.10. The molecular weight excluding hydrogens is 302 g/mol. The van der Waals surface area contributed by atoms with Gasteiger partial charge in [0.2, 0.25) is 0 Å². The third kappa shape index (κ3) is 2.38. The van der Waals surface area contributed by atoms with E-state index in [1.54, 1.807) is 9.58 Å². The Hall–Kier alpha value is -2.95. The molecule has 24 heavy (non-hydrogen) atoms. The molecule has 0 radical (unpaired) electrons. The van der Waals surface area contributed by atoms with Crippen molar-refractivity contribution < 1.29 is 9.59 Å². The average molecular weight is 319 g/mol. The second kappa shape index (κ2) is 5.60. The molecule has 1 aromatic heterocycles. The molecule has 2 aliphatic rings. The van der Waals surface area contributed by atoms with Crippen molar-refractivity contribution in [3.05, 3.63) is 65.6 Å². The van der Waals surface area contributed by atoms with Crippen molar-refractivity contribution in [3.63, 3.8) is 0 Å². The summed E-state index contributed by atoms with van der Waals surface area (Å²) in [4.78, 5) is 25.9. The normalized spacial score (nSPS) is 17.0. The highest BCUT2D eigenvalue weighted by Gasteiger charge is 2.39. The highest BCUT2D eigenvalue weighted by molar-refractivity contribution is 6.47.